The van der Waals surface area contributed by atoms with E-state index in [1.54, 1.807) is 0 Å². The normalized spacial score (nSPS) is 13.0. The molecule has 0 N–H and O–H groups in total. The molecule has 0 aromatic heterocycles. The maximum Gasteiger partial charge on any atom is 0.218 e. The molecule has 0 saturated heterocycles. The van der Waals surface area contributed by atoms with E-state index >= 15 is 0 Å². The molecule has 0 heterocycles. The second-order valence-electron chi connectivity index (χ2n) is 8.67. The lowest BCUT2D eigenvalue weighted by Crippen LogP contribution is -2.54. The van der Waals surface area contributed by atoms with Crippen LogP contribution in [0.2, 0.25) is 39.3 Å². The highest BCUT2D eigenvalue weighted by molar-refractivity contribution is 7.00. The van der Waals surface area contributed by atoms with Crippen LogP contribution in [0.15, 0.2) is 48.5 Å². The largest absolute Gasteiger partial charge is 0.413 e. The molecule has 148 valence electrons. The molecule has 0 bridgehead atoms. The van der Waals surface area contributed by atoms with Crippen molar-refractivity contribution in [3.63, 3.8) is 0 Å². The summed E-state index contributed by atoms with van der Waals surface area (Å²) in [4.78, 5) is 0. The van der Waals surface area contributed by atoms with Crippen molar-refractivity contribution in [3.05, 3.63) is 48.5 Å². The second kappa shape index (κ2) is 8.57. The van der Waals surface area contributed by atoms with Crippen molar-refractivity contribution in [2.24, 2.45) is 0 Å². The summed E-state index contributed by atoms with van der Waals surface area (Å²) in [7, 11) is -5.25. The summed E-state index contributed by atoms with van der Waals surface area (Å²) in [5, 5.41) is 5.69. The van der Waals surface area contributed by atoms with Crippen LogP contribution in [0.1, 0.15) is 13.8 Å². The maximum absolute atomic E-state index is 6.03. The van der Waals surface area contributed by atoms with Gasteiger partial charge in [0.15, 0.2) is 0 Å². The zero-order chi connectivity index (χ0) is 20.3. The van der Waals surface area contributed by atoms with Crippen LogP contribution < -0.4 is 20.7 Å². The average molecular weight is 417 g/mol. The Morgan fingerprint density at radius 1 is 0.519 bits per heavy atom. The molecule has 0 atom stereocenters. The van der Waals surface area contributed by atoms with Gasteiger partial charge in [0.05, 0.1) is 0 Å². The fourth-order valence-electron chi connectivity index (χ4n) is 3.63. The van der Waals surface area contributed by atoms with Crippen LogP contribution in [0.4, 0.5) is 0 Å². The van der Waals surface area contributed by atoms with E-state index in [-0.39, 0.29) is 0 Å². The van der Waals surface area contributed by atoms with Crippen molar-refractivity contribution in [1.29, 1.82) is 0 Å². The molecule has 0 aliphatic heterocycles. The average Bonchev–Trinajstić information content (AvgIpc) is 2.62. The summed E-state index contributed by atoms with van der Waals surface area (Å²) in [5.74, 6) is 0. The second-order valence-corrected chi connectivity index (χ2v) is 20.8. The van der Waals surface area contributed by atoms with E-state index in [1.807, 2.05) is 0 Å². The van der Waals surface area contributed by atoms with Crippen molar-refractivity contribution >= 4 is 45.5 Å². The van der Waals surface area contributed by atoms with Crippen LogP contribution >= 0.6 is 0 Å². The lowest BCUT2D eigenvalue weighted by atomic mass is 10.3. The molecule has 2 nitrogen and oxygen atoms in total. The Balaban J connectivity index is 2.27. The van der Waals surface area contributed by atoms with E-state index in [1.165, 1.54) is 20.7 Å². The molecule has 0 unspecified atom stereocenters. The van der Waals surface area contributed by atoms with Gasteiger partial charge in [-0.25, -0.2) is 0 Å². The minimum Gasteiger partial charge on any atom is -0.413 e. The maximum atomic E-state index is 6.03. The highest BCUT2D eigenvalue weighted by Crippen LogP contribution is 2.09. The zero-order valence-electron chi connectivity index (χ0n) is 18.3. The molecule has 5 heteroatoms. The molecule has 0 aliphatic carbocycles. The third-order valence-corrected chi connectivity index (χ3v) is 14.6. The van der Waals surface area contributed by atoms with Gasteiger partial charge in [-0.3, -0.25) is 0 Å². The van der Waals surface area contributed by atoms with Gasteiger partial charge < -0.3 is 8.85 Å². The SMILES string of the molecule is CCO[Si](C)(C)c1ccc([Si](C)(C)c2ccc([Si](C)(C)OCC)cc2)cc1. The first kappa shape index (κ1) is 22.3. The fraction of sp³-hybridized carbons (Fsp3) is 0.455. The minimum atomic E-state index is -1.77. The smallest absolute Gasteiger partial charge is 0.218 e. The van der Waals surface area contributed by atoms with Crippen LogP contribution in [-0.4, -0.2) is 37.9 Å². The topological polar surface area (TPSA) is 18.5 Å². The summed E-state index contributed by atoms with van der Waals surface area (Å²) in [6, 6.07) is 18.5. The van der Waals surface area contributed by atoms with Crippen molar-refractivity contribution in [2.75, 3.05) is 13.2 Å². The quantitative estimate of drug-likeness (QED) is 0.614. The zero-order valence-corrected chi connectivity index (χ0v) is 21.3. The first-order valence-electron chi connectivity index (χ1n) is 10.0. The van der Waals surface area contributed by atoms with E-state index in [9.17, 15) is 0 Å². The van der Waals surface area contributed by atoms with Crippen LogP contribution in [0.5, 0.6) is 0 Å². The lowest BCUT2D eigenvalue weighted by molar-refractivity contribution is 0.338. The first-order valence-corrected chi connectivity index (χ1v) is 18.9. The highest BCUT2D eigenvalue weighted by atomic mass is 28.4. The van der Waals surface area contributed by atoms with Gasteiger partial charge in [-0.05, 0) is 50.4 Å². The molecule has 0 aliphatic rings. The van der Waals surface area contributed by atoms with Gasteiger partial charge in [-0.1, -0.05) is 72.0 Å². The van der Waals surface area contributed by atoms with E-state index in [0.717, 1.165) is 13.2 Å². The molecule has 27 heavy (non-hydrogen) atoms. The summed E-state index contributed by atoms with van der Waals surface area (Å²) in [6.07, 6.45) is 0. The molecule has 0 fully saturated rings. The Morgan fingerprint density at radius 3 is 1.04 bits per heavy atom. The predicted molar refractivity (Wildman–Crippen MR) is 127 cm³/mol. The molecular weight excluding hydrogens is 380 g/mol. The molecular formula is C22H36O2Si3. The molecule has 0 saturated carbocycles. The third kappa shape index (κ3) is 5.09. The van der Waals surface area contributed by atoms with E-state index < -0.39 is 24.7 Å². The number of hydrogen-bond donors (Lipinski definition) is 0. The Kier molecular flexibility index (Phi) is 7.08. The van der Waals surface area contributed by atoms with Crippen molar-refractivity contribution < 1.29 is 8.85 Å². The Bertz CT molecular complexity index is 672. The van der Waals surface area contributed by atoms with Crippen molar-refractivity contribution in [2.45, 2.75) is 53.1 Å². The standard InChI is InChI=1S/C22H36O2Si3/c1-9-23-26(5,6)21-15-11-19(12-16-21)25(3,4)20-13-17-22(18-14-20)27(7,8)24-10-2/h11-18H,9-10H2,1-8H3. The fourth-order valence-corrected chi connectivity index (χ4v) is 9.68. The molecule has 2 aromatic carbocycles. The Hall–Kier alpha value is -0.989. The van der Waals surface area contributed by atoms with Crippen LogP contribution in [0.25, 0.3) is 0 Å². The summed E-state index contributed by atoms with van der Waals surface area (Å²) in [5.41, 5.74) is 0. The Labute approximate surface area is 169 Å². The van der Waals surface area contributed by atoms with Crippen LogP contribution in [-0.2, 0) is 8.85 Å². The van der Waals surface area contributed by atoms with Crippen molar-refractivity contribution in [1.82, 2.24) is 0 Å². The van der Waals surface area contributed by atoms with Gasteiger partial charge in [-0.15, -0.1) is 0 Å². The van der Waals surface area contributed by atoms with Gasteiger partial charge in [0.25, 0.3) is 0 Å². The van der Waals surface area contributed by atoms with E-state index in [0.29, 0.717) is 0 Å². The van der Waals surface area contributed by atoms with E-state index in [4.69, 9.17) is 8.85 Å². The van der Waals surface area contributed by atoms with Gasteiger partial charge in [-0.2, -0.15) is 0 Å². The predicted octanol–water partition coefficient (Wildman–Crippen LogP) is 3.41. The molecule has 0 spiro atoms. The molecule has 0 radical (unpaired) electrons. The third-order valence-electron chi connectivity index (χ3n) is 5.61. The van der Waals surface area contributed by atoms with E-state index in [2.05, 4.69) is 102 Å². The number of rotatable bonds is 8. The summed E-state index contributed by atoms with van der Waals surface area (Å²) >= 11 is 0. The van der Waals surface area contributed by atoms with Gasteiger partial charge >= 0.3 is 0 Å². The minimum absolute atomic E-state index is 0.787. The van der Waals surface area contributed by atoms with Gasteiger partial charge in [0.1, 0.15) is 8.07 Å². The molecule has 0 amide bonds. The van der Waals surface area contributed by atoms with Crippen LogP contribution in [0.3, 0.4) is 0 Å². The number of benzene rings is 2. The van der Waals surface area contributed by atoms with Crippen LogP contribution in [0, 0.1) is 0 Å². The Morgan fingerprint density at radius 2 is 0.778 bits per heavy atom. The van der Waals surface area contributed by atoms with Gasteiger partial charge in [0.2, 0.25) is 16.6 Å². The monoisotopic (exact) mass is 416 g/mol. The number of hydrogen-bond acceptors (Lipinski definition) is 2. The lowest BCUT2D eigenvalue weighted by Gasteiger charge is -2.28. The molecule has 2 aromatic rings. The summed E-state index contributed by atoms with van der Waals surface area (Å²) < 4.78 is 12.1. The van der Waals surface area contributed by atoms with Gasteiger partial charge in [0, 0.05) is 13.2 Å². The highest BCUT2D eigenvalue weighted by Gasteiger charge is 2.30. The first-order chi connectivity index (χ1) is 12.5. The van der Waals surface area contributed by atoms with Crippen molar-refractivity contribution in [3.8, 4) is 0 Å². The molecule has 2 rings (SSSR count). The summed E-state index contributed by atoms with van der Waals surface area (Å²) in [6.45, 7) is 19.7.